The van der Waals surface area contributed by atoms with Crippen molar-refractivity contribution in [3.63, 3.8) is 0 Å². The summed E-state index contributed by atoms with van der Waals surface area (Å²) in [5, 5.41) is 1.14. The van der Waals surface area contributed by atoms with Crippen LogP contribution in [0.3, 0.4) is 0 Å². The fraction of sp³-hybridized carbons (Fsp3) is 0.125. The van der Waals surface area contributed by atoms with Crippen LogP contribution in [0.2, 0.25) is 10.0 Å². The minimum atomic E-state index is -0.743. The van der Waals surface area contributed by atoms with E-state index in [1.54, 1.807) is 42.6 Å². The molecule has 1 aliphatic heterocycles. The number of rotatable bonds is 2. The summed E-state index contributed by atoms with van der Waals surface area (Å²) in [6.45, 7) is 3.81. The zero-order valence-corrected chi connectivity index (χ0v) is 18.2. The van der Waals surface area contributed by atoms with Crippen LogP contribution in [0.1, 0.15) is 38.9 Å². The first kappa shape index (κ1) is 19.8. The van der Waals surface area contributed by atoms with E-state index in [2.05, 4.69) is 4.98 Å². The molecule has 2 aromatic carbocycles. The van der Waals surface area contributed by atoms with Crippen molar-refractivity contribution in [1.82, 2.24) is 4.98 Å². The van der Waals surface area contributed by atoms with Crippen LogP contribution in [0.15, 0.2) is 63.9 Å². The van der Waals surface area contributed by atoms with Crippen molar-refractivity contribution in [3.05, 3.63) is 103 Å². The summed E-state index contributed by atoms with van der Waals surface area (Å²) in [4.78, 5) is 32.9. The van der Waals surface area contributed by atoms with Crippen LogP contribution in [-0.2, 0) is 0 Å². The monoisotopic (exact) mass is 450 g/mol. The molecule has 3 heterocycles. The molecule has 0 fully saturated rings. The fourth-order valence-electron chi connectivity index (χ4n) is 3.97. The molecule has 2 aromatic heterocycles. The number of hydrogen-bond acceptors (Lipinski definition) is 4. The maximum atomic E-state index is 13.6. The molecule has 0 N–H and O–H groups in total. The quantitative estimate of drug-likeness (QED) is 0.383. The van der Waals surface area contributed by atoms with E-state index in [1.807, 2.05) is 26.0 Å². The summed E-state index contributed by atoms with van der Waals surface area (Å²) in [6, 6.07) is 13.3. The lowest BCUT2D eigenvalue weighted by Crippen LogP contribution is -2.30. The molecule has 5 nitrogen and oxygen atoms in total. The molecule has 0 aliphatic carbocycles. The van der Waals surface area contributed by atoms with Crippen LogP contribution in [0.4, 0.5) is 5.82 Å². The van der Waals surface area contributed by atoms with Crippen molar-refractivity contribution in [1.29, 1.82) is 0 Å². The average Bonchev–Trinajstić information content (AvgIpc) is 3.03. The van der Waals surface area contributed by atoms with Crippen molar-refractivity contribution < 1.29 is 9.21 Å². The van der Waals surface area contributed by atoms with Gasteiger partial charge in [0.05, 0.1) is 27.0 Å². The number of pyridine rings is 1. The number of carbonyl (C=O) groups excluding carboxylic acids is 1. The minimum Gasteiger partial charge on any atom is -0.450 e. The SMILES string of the molecule is Cc1ccnc(N2C(=O)c3oc4ccc(C)cc4c(=O)c3[C@@H]2c2ccc(Cl)c(Cl)c2)c1. The summed E-state index contributed by atoms with van der Waals surface area (Å²) in [7, 11) is 0. The zero-order valence-electron chi connectivity index (χ0n) is 16.6. The van der Waals surface area contributed by atoms with Gasteiger partial charge in [0.2, 0.25) is 5.76 Å². The lowest BCUT2D eigenvalue weighted by atomic mass is 9.98. The third-order valence-corrected chi connectivity index (χ3v) is 6.17. The molecule has 4 aromatic rings. The van der Waals surface area contributed by atoms with Crippen LogP contribution in [0.25, 0.3) is 11.0 Å². The highest BCUT2D eigenvalue weighted by molar-refractivity contribution is 6.42. The second-order valence-electron chi connectivity index (χ2n) is 7.62. The van der Waals surface area contributed by atoms with Gasteiger partial charge in [0.25, 0.3) is 5.91 Å². The Hall–Kier alpha value is -3.15. The summed E-state index contributed by atoms with van der Waals surface area (Å²) < 4.78 is 5.96. The fourth-order valence-corrected chi connectivity index (χ4v) is 4.28. The van der Waals surface area contributed by atoms with Crippen LogP contribution in [-0.4, -0.2) is 10.9 Å². The van der Waals surface area contributed by atoms with Crippen LogP contribution in [0, 0.1) is 13.8 Å². The Morgan fingerprint density at radius 3 is 2.45 bits per heavy atom. The minimum absolute atomic E-state index is 0.0146. The molecule has 1 aliphatic rings. The van der Waals surface area contributed by atoms with Gasteiger partial charge in [0, 0.05) is 6.20 Å². The summed E-state index contributed by atoms with van der Waals surface area (Å²) in [6.07, 6.45) is 1.63. The van der Waals surface area contributed by atoms with Gasteiger partial charge < -0.3 is 4.42 Å². The molecule has 0 bridgehead atoms. The van der Waals surface area contributed by atoms with Gasteiger partial charge in [-0.15, -0.1) is 0 Å². The Balaban J connectivity index is 1.84. The average molecular weight is 451 g/mol. The van der Waals surface area contributed by atoms with Crippen LogP contribution < -0.4 is 10.3 Å². The molecule has 0 radical (unpaired) electrons. The van der Waals surface area contributed by atoms with Gasteiger partial charge in [-0.2, -0.15) is 0 Å². The highest BCUT2D eigenvalue weighted by Crippen LogP contribution is 2.42. The largest absolute Gasteiger partial charge is 0.450 e. The molecule has 0 spiro atoms. The topological polar surface area (TPSA) is 63.4 Å². The smallest absolute Gasteiger partial charge is 0.296 e. The number of nitrogens with zero attached hydrogens (tertiary/aromatic N) is 2. The molecule has 5 rings (SSSR count). The molecule has 31 heavy (non-hydrogen) atoms. The summed E-state index contributed by atoms with van der Waals surface area (Å²) in [5.74, 6) is 0.0107. The first-order chi connectivity index (χ1) is 14.8. The molecule has 0 saturated heterocycles. The van der Waals surface area contributed by atoms with Crippen molar-refractivity contribution in [2.75, 3.05) is 4.90 Å². The van der Waals surface area contributed by atoms with Gasteiger partial charge in [-0.25, -0.2) is 4.98 Å². The second-order valence-corrected chi connectivity index (χ2v) is 8.43. The molecule has 0 unspecified atom stereocenters. The molecule has 7 heteroatoms. The van der Waals surface area contributed by atoms with Crippen molar-refractivity contribution in [2.24, 2.45) is 0 Å². The van der Waals surface area contributed by atoms with E-state index >= 15 is 0 Å². The van der Waals surface area contributed by atoms with E-state index in [0.29, 0.717) is 32.4 Å². The van der Waals surface area contributed by atoms with Gasteiger partial charge >= 0.3 is 0 Å². The normalized spacial score (nSPS) is 15.5. The van der Waals surface area contributed by atoms with E-state index in [4.69, 9.17) is 27.6 Å². The predicted octanol–water partition coefficient (Wildman–Crippen LogP) is 5.86. The predicted molar refractivity (Wildman–Crippen MR) is 121 cm³/mol. The number of fused-ring (bicyclic) bond motifs is 2. The number of anilines is 1. The number of hydrogen-bond donors (Lipinski definition) is 0. The van der Waals surface area contributed by atoms with Crippen LogP contribution >= 0.6 is 23.2 Å². The molecule has 1 amide bonds. The van der Waals surface area contributed by atoms with Crippen LogP contribution in [0.5, 0.6) is 0 Å². The summed E-state index contributed by atoms with van der Waals surface area (Å²) in [5.41, 5.74) is 2.89. The first-order valence-electron chi connectivity index (χ1n) is 9.63. The van der Waals surface area contributed by atoms with Crippen molar-refractivity contribution in [3.8, 4) is 0 Å². The lowest BCUT2D eigenvalue weighted by Gasteiger charge is -2.24. The van der Waals surface area contributed by atoms with Crippen molar-refractivity contribution in [2.45, 2.75) is 19.9 Å². The Labute approximate surface area is 187 Å². The standard InChI is InChI=1S/C24H16Cl2N2O3/c1-12-3-6-18-15(9-12)22(29)20-21(14-4-5-16(25)17(26)11-14)28(24(30)23(20)31-18)19-10-13(2)7-8-27-19/h3-11,21H,1-2H3/t21-/m0/s1. The highest BCUT2D eigenvalue weighted by atomic mass is 35.5. The van der Waals surface area contributed by atoms with E-state index in [-0.39, 0.29) is 16.8 Å². The van der Waals surface area contributed by atoms with E-state index in [9.17, 15) is 9.59 Å². The number of benzene rings is 2. The van der Waals surface area contributed by atoms with Gasteiger partial charge in [0.1, 0.15) is 11.4 Å². The Morgan fingerprint density at radius 2 is 1.71 bits per heavy atom. The van der Waals surface area contributed by atoms with Gasteiger partial charge in [-0.3, -0.25) is 14.5 Å². The molecular weight excluding hydrogens is 435 g/mol. The summed E-state index contributed by atoms with van der Waals surface area (Å²) >= 11 is 12.4. The third kappa shape index (κ3) is 3.12. The number of carbonyl (C=O) groups is 1. The van der Waals surface area contributed by atoms with E-state index in [1.165, 1.54) is 4.90 Å². The van der Waals surface area contributed by atoms with Gasteiger partial charge in [-0.1, -0.05) is 40.9 Å². The van der Waals surface area contributed by atoms with Crippen molar-refractivity contribution >= 4 is 45.9 Å². The molecule has 1 atom stereocenters. The Bertz CT molecular complexity index is 1440. The van der Waals surface area contributed by atoms with Gasteiger partial charge in [0.15, 0.2) is 5.43 Å². The Kier molecular flexibility index (Phi) is 4.61. The van der Waals surface area contributed by atoms with E-state index < -0.39 is 11.9 Å². The first-order valence-corrected chi connectivity index (χ1v) is 10.4. The maximum Gasteiger partial charge on any atom is 0.296 e. The molecule has 154 valence electrons. The second kappa shape index (κ2) is 7.22. The van der Waals surface area contributed by atoms with E-state index in [0.717, 1.165) is 11.1 Å². The maximum absolute atomic E-state index is 13.6. The van der Waals surface area contributed by atoms with Gasteiger partial charge in [-0.05, 0) is 61.4 Å². The molecule has 0 saturated carbocycles. The number of aryl methyl sites for hydroxylation is 2. The third-order valence-electron chi connectivity index (χ3n) is 5.43. The lowest BCUT2D eigenvalue weighted by molar-refractivity contribution is 0.0970. The molecular formula is C24H16Cl2N2O3. The number of halogens is 2. The zero-order chi connectivity index (χ0) is 21.9. The Morgan fingerprint density at radius 1 is 0.935 bits per heavy atom. The number of aromatic nitrogens is 1. The number of amides is 1. The highest BCUT2D eigenvalue weighted by Gasteiger charge is 2.44.